The minimum atomic E-state index is -2.40. The molecule has 29 heavy (non-hydrogen) atoms. The van der Waals surface area contributed by atoms with E-state index in [1.165, 1.54) is 0 Å². The van der Waals surface area contributed by atoms with E-state index in [9.17, 15) is 23.6 Å². The van der Waals surface area contributed by atoms with Crippen LogP contribution in [0.15, 0.2) is 0 Å². The van der Waals surface area contributed by atoms with Crippen molar-refractivity contribution in [3.8, 4) is 0 Å². The van der Waals surface area contributed by atoms with Crippen molar-refractivity contribution in [2.45, 2.75) is 70.1 Å². The molecule has 3 aliphatic carbocycles. The van der Waals surface area contributed by atoms with Gasteiger partial charge < -0.3 is 15.8 Å². The summed E-state index contributed by atoms with van der Waals surface area (Å²) in [5.74, 6) is -2.03. The molecule has 4 amide bonds. The van der Waals surface area contributed by atoms with Gasteiger partial charge in [0.15, 0.2) is 0 Å². The van der Waals surface area contributed by atoms with E-state index < -0.39 is 41.1 Å². The van der Waals surface area contributed by atoms with Crippen LogP contribution in [0.25, 0.3) is 0 Å². The number of nitrogens with zero attached hydrogens (tertiary/aromatic N) is 1. The van der Waals surface area contributed by atoms with Gasteiger partial charge in [0.25, 0.3) is 17.4 Å². The quantitative estimate of drug-likeness (QED) is 0.392. The Kier molecular flexibility index (Phi) is 6.97. The third kappa shape index (κ3) is 6.45. The zero-order valence-electron chi connectivity index (χ0n) is 16.8. The normalized spacial score (nSPS) is 24.2. The number of rotatable bonds is 8. The molecule has 2 bridgehead atoms. The first-order chi connectivity index (χ1) is 13.3. The van der Waals surface area contributed by atoms with Crippen molar-refractivity contribution in [2.75, 3.05) is 6.54 Å². The summed E-state index contributed by atoms with van der Waals surface area (Å²) in [6.07, 6.45) is 2.22. The Hall–Kier alpha value is -2.10. The largest absolute Gasteiger partial charge is 0.444 e. The van der Waals surface area contributed by atoms with Crippen molar-refractivity contribution in [1.29, 1.82) is 0 Å². The van der Waals surface area contributed by atoms with E-state index in [1.54, 1.807) is 20.8 Å². The van der Waals surface area contributed by atoms with E-state index in [0.717, 1.165) is 19.3 Å². The number of halogens is 2. The van der Waals surface area contributed by atoms with Crippen molar-refractivity contribution < 1.29 is 28.3 Å². The summed E-state index contributed by atoms with van der Waals surface area (Å²) in [6, 6.07) is -0.997. The maximum absolute atomic E-state index is 13.3. The van der Waals surface area contributed by atoms with Gasteiger partial charge in [0.05, 0.1) is 6.54 Å². The van der Waals surface area contributed by atoms with Crippen LogP contribution in [-0.2, 0) is 19.1 Å². The summed E-state index contributed by atoms with van der Waals surface area (Å²) >= 11 is 5.19. The molecule has 0 aromatic rings. The Balaban J connectivity index is 2.07. The van der Waals surface area contributed by atoms with Gasteiger partial charge in [-0.2, -0.15) is 0 Å². The molecule has 0 aromatic heterocycles. The van der Waals surface area contributed by atoms with E-state index in [1.807, 2.05) is 0 Å². The van der Waals surface area contributed by atoms with E-state index in [4.69, 9.17) is 22.1 Å². The van der Waals surface area contributed by atoms with Crippen molar-refractivity contribution in [3.05, 3.63) is 0 Å². The number of nitrogens with two attached hydrogens (primary N) is 1. The average Bonchev–Trinajstić information content (AvgIpc) is 2.49. The Morgan fingerprint density at radius 2 is 1.86 bits per heavy atom. The molecule has 0 radical (unpaired) electrons. The van der Waals surface area contributed by atoms with Crippen molar-refractivity contribution in [2.24, 2.45) is 17.1 Å². The summed E-state index contributed by atoms with van der Waals surface area (Å²) in [7, 11) is 0. The maximum Gasteiger partial charge on any atom is 0.408 e. The molecule has 2 atom stereocenters. The molecule has 1 unspecified atom stereocenters. The number of carbonyl (C=O) groups excluding carboxylic acids is 4. The first-order valence-corrected chi connectivity index (χ1v) is 9.92. The lowest BCUT2D eigenvalue weighted by molar-refractivity contribution is -0.148. The molecule has 0 heterocycles. The van der Waals surface area contributed by atoms with Gasteiger partial charge in [0.2, 0.25) is 5.91 Å². The molecule has 4 N–H and O–H groups in total. The lowest BCUT2D eigenvalue weighted by atomic mass is 9.43. The minimum Gasteiger partial charge on any atom is -0.444 e. The van der Waals surface area contributed by atoms with Gasteiger partial charge >= 0.3 is 6.09 Å². The fourth-order valence-electron chi connectivity index (χ4n) is 3.77. The number of ether oxygens (including phenoxy) is 1. The molecule has 3 aliphatic rings. The molecule has 0 aromatic carbocycles. The number of nitrogens with one attached hydrogen (secondary N) is 2. The number of hydrazine groups is 1. The molecule has 11 heteroatoms. The summed E-state index contributed by atoms with van der Waals surface area (Å²) in [6.45, 7) is 4.72. The van der Waals surface area contributed by atoms with Crippen molar-refractivity contribution in [1.82, 2.24) is 15.8 Å². The summed E-state index contributed by atoms with van der Waals surface area (Å²) in [4.78, 5) is 47.9. The van der Waals surface area contributed by atoms with Crippen LogP contribution in [-0.4, -0.2) is 52.6 Å². The van der Waals surface area contributed by atoms with E-state index in [2.05, 4.69) is 10.7 Å². The Morgan fingerprint density at radius 3 is 2.28 bits per heavy atom. The fourth-order valence-corrected chi connectivity index (χ4v) is 3.89. The summed E-state index contributed by atoms with van der Waals surface area (Å²) in [5, 5.41) is 3.14. The van der Waals surface area contributed by atoms with Crippen LogP contribution in [0, 0.1) is 11.3 Å². The molecule has 3 rings (SSSR count). The van der Waals surface area contributed by atoms with Crippen LogP contribution < -0.4 is 16.5 Å². The van der Waals surface area contributed by atoms with Crippen molar-refractivity contribution in [3.63, 3.8) is 0 Å². The van der Waals surface area contributed by atoms with Gasteiger partial charge in [0.1, 0.15) is 11.6 Å². The van der Waals surface area contributed by atoms with E-state index in [0.29, 0.717) is 17.3 Å². The lowest BCUT2D eigenvalue weighted by Gasteiger charge is -2.63. The van der Waals surface area contributed by atoms with Crippen LogP contribution in [0.2, 0.25) is 0 Å². The van der Waals surface area contributed by atoms with Gasteiger partial charge in [0, 0.05) is 6.42 Å². The Morgan fingerprint density at radius 1 is 1.28 bits per heavy atom. The van der Waals surface area contributed by atoms with Crippen LogP contribution in [0.5, 0.6) is 0 Å². The first-order valence-electron chi connectivity index (χ1n) is 9.48. The van der Waals surface area contributed by atoms with Gasteiger partial charge in [-0.15, -0.1) is 0 Å². The first kappa shape index (κ1) is 23.2. The van der Waals surface area contributed by atoms with E-state index >= 15 is 0 Å². The van der Waals surface area contributed by atoms with Crippen LogP contribution in [0.1, 0.15) is 52.9 Å². The molecule has 3 fully saturated rings. The third-order valence-electron chi connectivity index (χ3n) is 5.09. The molecular formula is C18H28ClFN4O5. The zero-order valence-corrected chi connectivity index (χ0v) is 17.6. The number of hydrogen-bond donors (Lipinski definition) is 3. The second-order valence-corrected chi connectivity index (χ2v) is 9.25. The van der Waals surface area contributed by atoms with Gasteiger partial charge in [-0.25, -0.2) is 14.2 Å². The minimum absolute atomic E-state index is 0.0150. The fraction of sp³-hybridized carbons (Fsp3) is 0.778. The third-order valence-corrected chi connectivity index (χ3v) is 5.28. The SMILES string of the molecule is CC(C)(C)OC(=O)N[C@@H](CC12CC(C1)C2)C(=O)NN(CCC(N)=O)C(=O)C(F)Cl. The molecule has 3 saturated carbocycles. The highest BCUT2D eigenvalue weighted by Gasteiger charge is 2.57. The Bertz CT molecular complexity index is 665. The lowest BCUT2D eigenvalue weighted by Crippen LogP contribution is -2.60. The smallest absolute Gasteiger partial charge is 0.408 e. The topological polar surface area (TPSA) is 131 Å². The number of primary amides is 1. The highest BCUT2D eigenvalue weighted by atomic mass is 35.5. The second-order valence-electron chi connectivity index (χ2n) is 8.86. The van der Waals surface area contributed by atoms with Gasteiger partial charge in [-0.05, 0) is 57.8 Å². The number of hydrogen-bond acceptors (Lipinski definition) is 5. The standard InChI is InChI=1S/C18H28ClFN4O5/c1-17(2,3)29-16(28)22-11(9-18-6-10(7-18)8-18)14(26)23-24(5-4-12(21)25)15(27)13(19)20/h10-11,13H,4-9H2,1-3H3,(H2,21,25)(H,22,28)(H,23,26)/t10?,11-,13?,18?/m0/s1. The van der Waals surface area contributed by atoms with Crippen LogP contribution >= 0.6 is 11.6 Å². The van der Waals surface area contributed by atoms with Crippen molar-refractivity contribution >= 4 is 35.4 Å². The average molecular weight is 435 g/mol. The highest BCUT2D eigenvalue weighted by Crippen LogP contribution is 2.66. The zero-order chi connectivity index (χ0) is 22.0. The second kappa shape index (κ2) is 8.73. The molecule has 0 aliphatic heterocycles. The van der Waals surface area contributed by atoms with Crippen LogP contribution in [0.3, 0.4) is 0 Å². The van der Waals surface area contributed by atoms with E-state index in [-0.39, 0.29) is 18.4 Å². The molecule has 0 saturated heterocycles. The predicted octanol–water partition coefficient (Wildman–Crippen LogP) is 1.34. The van der Waals surface area contributed by atoms with Crippen LogP contribution in [0.4, 0.5) is 9.18 Å². The number of alkyl halides is 2. The molecule has 9 nitrogen and oxygen atoms in total. The van der Waals surface area contributed by atoms with Gasteiger partial charge in [-0.3, -0.25) is 19.8 Å². The highest BCUT2D eigenvalue weighted by molar-refractivity contribution is 6.29. The number of carbonyl (C=O) groups is 4. The predicted molar refractivity (Wildman–Crippen MR) is 102 cm³/mol. The molecule has 164 valence electrons. The van der Waals surface area contributed by atoms with Gasteiger partial charge in [-0.1, -0.05) is 11.6 Å². The number of amides is 4. The summed E-state index contributed by atoms with van der Waals surface area (Å²) in [5.41, 5.74) is 4.13. The number of alkyl carbamates (subject to hydrolysis) is 1. The summed E-state index contributed by atoms with van der Waals surface area (Å²) < 4.78 is 18.5. The molecular weight excluding hydrogens is 407 g/mol. The monoisotopic (exact) mass is 434 g/mol. The maximum atomic E-state index is 13.3. The molecule has 0 spiro atoms. The Labute approximate surface area is 173 Å².